The van der Waals surface area contributed by atoms with Gasteiger partial charge in [0.2, 0.25) is 5.91 Å². The van der Waals surface area contributed by atoms with E-state index in [1.807, 2.05) is 13.8 Å². The van der Waals surface area contributed by atoms with Gasteiger partial charge in [-0.05, 0) is 25.2 Å². The largest absolute Gasteiger partial charge is 0.332 e. The Kier molecular flexibility index (Phi) is 6.62. The lowest BCUT2D eigenvalue weighted by Gasteiger charge is -2.25. The van der Waals surface area contributed by atoms with Gasteiger partial charge in [-0.2, -0.15) is 0 Å². The quantitative estimate of drug-likeness (QED) is 0.374. The molecule has 0 saturated heterocycles. The molecule has 0 unspecified atom stereocenters. The van der Waals surface area contributed by atoms with Crippen molar-refractivity contribution in [1.82, 2.24) is 28.6 Å². The lowest BCUT2D eigenvalue weighted by molar-refractivity contribution is -0.119. The maximum atomic E-state index is 14.3. The number of para-hydroxylation sites is 1. The number of likely N-dealkylation sites (N-methyl/N-ethyl adjacent to an activating group) is 1. The highest BCUT2D eigenvalue weighted by Crippen LogP contribution is 2.30. The molecule has 0 aliphatic rings. The number of fused-ring (bicyclic) bond motifs is 2. The van der Waals surface area contributed by atoms with Gasteiger partial charge in [0.1, 0.15) is 17.9 Å². The number of imidazole rings is 1. The molecule has 1 amide bonds. The second-order valence-electron chi connectivity index (χ2n) is 7.91. The van der Waals surface area contributed by atoms with Crippen molar-refractivity contribution in [1.29, 1.82) is 0 Å². The first-order valence-corrected chi connectivity index (χ1v) is 11.8. The molecule has 180 valence electrons. The fourth-order valence-corrected chi connectivity index (χ4v) is 4.90. The summed E-state index contributed by atoms with van der Waals surface area (Å²) in [5, 5.41) is 0.391. The molecule has 1 aromatic carbocycles. The molecular formula is C22H26FN7O3S. The molecule has 0 spiro atoms. The first-order chi connectivity index (χ1) is 16.3. The maximum Gasteiger partial charge on any atom is 0.332 e. The molecule has 34 heavy (non-hydrogen) atoms. The fraction of sp³-hybridized carbons (Fsp3) is 0.409. The summed E-state index contributed by atoms with van der Waals surface area (Å²) in [6, 6.07) is 4.71. The van der Waals surface area contributed by atoms with Crippen LogP contribution in [-0.2, 0) is 25.4 Å². The normalized spacial score (nSPS) is 11.7. The minimum Gasteiger partial charge on any atom is -0.315 e. The lowest BCUT2D eigenvalue weighted by atomic mass is 10.3. The minimum absolute atomic E-state index is 0.164. The highest BCUT2D eigenvalue weighted by Gasteiger charge is 2.23. The van der Waals surface area contributed by atoms with E-state index in [2.05, 4.69) is 14.9 Å². The van der Waals surface area contributed by atoms with Gasteiger partial charge in [0.15, 0.2) is 16.3 Å². The van der Waals surface area contributed by atoms with Crippen LogP contribution in [0.1, 0.15) is 13.8 Å². The number of hydrogen-bond donors (Lipinski definition) is 0. The van der Waals surface area contributed by atoms with Gasteiger partial charge in [-0.1, -0.05) is 31.3 Å². The summed E-state index contributed by atoms with van der Waals surface area (Å²) in [6.45, 7) is 6.51. The van der Waals surface area contributed by atoms with Crippen LogP contribution >= 0.6 is 11.3 Å². The number of benzene rings is 1. The van der Waals surface area contributed by atoms with Crippen LogP contribution in [0.3, 0.4) is 0 Å². The molecule has 0 atom stereocenters. The summed E-state index contributed by atoms with van der Waals surface area (Å²) in [7, 11) is 2.91. The van der Waals surface area contributed by atoms with Gasteiger partial charge in [0.05, 0.1) is 11.0 Å². The number of thiazole rings is 1. The molecule has 0 fully saturated rings. The van der Waals surface area contributed by atoms with Gasteiger partial charge >= 0.3 is 5.69 Å². The molecule has 0 bridgehead atoms. The van der Waals surface area contributed by atoms with Gasteiger partial charge in [-0.25, -0.2) is 19.2 Å². The van der Waals surface area contributed by atoms with Crippen molar-refractivity contribution in [2.75, 3.05) is 31.1 Å². The highest BCUT2D eigenvalue weighted by atomic mass is 32.1. The van der Waals surface area contributed by atoms with Gasteiger partial charge in [0, 0.05) is 27.2 Å². The van der Waals surface area contributed by atoms with Crippen molar-refractivity contribution >= 4 is 43.8 Å². The maximum absolute atomic E-state index is 14.3. The van der Waals surface area contributed by atoms with Crippen molar-refractivity contribution in [2.45, 2.75) is 20.4 Å². The SMILES string of the molecule is CCN(CC)CCN(C(=O)Cn1cnc2c1c(=O)n(C)c(=O)n2C)c1nc2c(F)cccc2s1. The number of aromatic nitrogens is 5. The van der Waals surface area contributed by atoms with E-state index in [4.69, 9.17) is 0 Å². The van der Waals surface area contributed by atoms with Gasteiger partial charge in [-0.3, -0.25) is 23.6 Å². The van der Waals surface area contributed by atoms with Gasteiger partial charge in [0.25, 0.3) is 5.56 Å². The third-order valence-corrected chi connectivity index (χ3v) is 6.99. The zero-order valence-electron chi connectivity index (χ0n) is 19.5. The summed E-state index contributed by atoms with van der Waals surface area (Å²) in [6.07, 6.45) is 1.38. The van der Waals surface area contributed by atoms with Crippen LogP contribution in [0.15, 0.2) is 34.1 Å². The number of nitrogens with zero attached hydrogens (tertiary/aromatic N) is 7. The summed E-state index contributed by atoms with van der Waals surface area (Å²) in [5.41, 5.74) is -0.429. The number of hydrogen-bond acceptors (Lipinski definition) is 7. The van der Waals surface area contributed by atoms with E-state index in [1.54, 1.807) is 12.1 Å². The zero-order valence-corrected chi connectivity index (χ0v) is 20.3. The van der Waals surface area contributed by atoms with E-state index >= 15 is 0 Å². The van der Waals surface area contributed by atoms with E-state index in [1.165, 1.54) is 51.9 Å². The van der Waals surface area contributed by atoms with Crippen LogP contribution in [-0.4, -0.2) is 60.7 Å². The second-order valence-corrected chi connectivity index (χ2v) is 8.91. The van der Waals surface area contributed by atoms with Gasteiger partial charge < -0.3 is 9.47 Å². The summed E-state index contributed by atoms with van der Waals surface area (Å²) < 4.78 is 18.6. The number of carbonyl (C=O) groups excluding carboxylic acids is 1. The van der Waals surface area contributed by atoms with E-state index in [0.717, 1.165) is 17.7 Å². The first kappa shape index (κ1) is 23.8. The monoisotopic (exact) mass is 487 g/mol. The topological polar surface area (TPSA) is 98.3 Å². The van der Waals surface area contributed by atoms with E-state index in [0.29, 0.717) is 22.9 Å². The Balaban J connectivity index is 1.73. The Morgan fingerprint density at radius 1 is 1.12 bits per heavy atom. The number of halogens is 1. The molecule has 12 heteroatoms. The number of anilines is 1. The summed E-state index contributed by atoms with van der Waals surface area (Å²) >= 11 is 1.24. The second kappa shape index (κ2) is 9.47. The summed E-state index contributed by atoms with van der Waals surface area (Å²) in [4.78, 5) is 50.8. The van der Waals surface area contributed by atoms with Crippen molar-refractivity contribution in [3.05, 3.63) is 51.2 Å². The number of aryl methyl sites for hydroxylation is 1. The predicted octanol–water partition coefficient (Wildman–Crippen LogP) is 1.56. The number of rotatable bonds is 8. The Morgan fingerprint density at radius 3 is 2.53 bits per heavy atom. The third kappa shape index (κ3) is 4.14. The molecule has 3 aromatic heterocycles. The molecule has 10 nitrogen and oxygen atoms in total. The predicted molar refractivity (Wildman–Crippen MR) is 130 cm³/mol. The van der Waals surface area contributed by atoms with Crippen molar-refractivity contribution in [3.63, 3.8) is 0 Å². The van der Waals surface area contributed by atoms with Crippen LogP contribution in [0.2, 0.25) is 0 Å². The molecule has 0 saturated carbocycles. The molecule has 0 radical (unpaired) electrons. The van der Waals surface area contributed by atoms with E-state index < -0.39 is 17.1 Å². The Bertz CT molecular complexity index is 1480. The summed E-state index contributed by atoms with van der Waals surface area (Å²) in [5.74, 6) is -0.761. The molecule has 0 aliphatic carbocycles. The first-order valence-electron chi connectivity index (χ1n) is 10.9. The molecule has 4 rings (SSSR count). The highest BCUT2D eigenvalue weighted by molar-refractivity contribution is 7.22. The van der Waals surface area contributed by atoms with Crippen LogP contribution in [0, 0.1) is 5.82 Å². The minimum atomic E-state index is -0.528. The Morgan fingerprint density at radius 2 is 1.85 bits per heavy atom. The van der Waals surface area contributed by atoms with Gasteiger partial charge in [-0.15, -0.1) is 0 Å². The van der Waals surface area contributed by atoms with Crippen LogP contribution in [0.4, 0.5) is 9.52 Å². The number of carbonyl (C=O) groups is 1. The molecule has 0 N–H and O–H groups in total. The average molecular weight is 488 g/mol. The van der Waals surface area contributed by atoms with Crippen molar-refractivity contribution in [3.8, 4) is 0 Å². The van der Waals surface area contributed by atoms with Crippen molar-refractivity contribution < 1.29 is 9.18 Å². The standard InChI is InChI=1S/C22H26FN7O3S/c1-5-28(6-2)10-11-30(21-25-17-14(23)8-7-9-15(17)34-21)16(31)12-29-13-24-19-18(29)20(32)27(4)22(33)26(19)3/h7-9,13H,5-6,10-12H2,1-4H3. The Hall–Kier alpha value is -3.38. The Labute approximate surface area is 198 Å². The third-order valence-electron chi connectivity index (χ3n) is 5.95. The molecule has 4 aromatic rings. The number of amides is 1. The molecule has 3 heterocycles. The zero-order chi connectivity index (χ0) is 24.6. The van der Waals surface area contributed by atoms with Crippen LogP contribution in [0.5, 0.6) is 0 Å². The fourth-order valence-electron chi connectivity index (χ4n) is 3.87. The van der Waals surface area contributed by atoms with Crippen LogP contribution < -0.4 is 16.1 Å². The average Bonchev–Trinajstić information content (AvgIpc) is 3.44. The smallest absolute Gasteiger partial charge is 0.315 e. The molecular weight excluding hydrogens is 461 g/mol. The van der Waals surface area contributed by atoms with E-state index in [-0.39, 0.29) is 29.1 Å². The van der Waals surface area contributed by atoms with E-state index in [9.17, 15) is 18.8 Å². The van der Waals surface area contributed by atoms with Crippen LogP contribution in [0.25, 0.3) is 21.4 Å². The molecule has 0 aliphatic heterocycles. The van der Waals surface area contributed by atoms with Crippen molar-refractivity contribution in [2.24, 2.45) is 14.1 Å². The lowest BCUT2D eigenvalue weighted by Crippen LogP contribution is -2.41.